The van der Waals surface area contributed by atoms with Crippen molar-refractivity contribution in [2.75, 3.05) is 33.4 Å². The largest absolute Gasteiger partial charge is 0.453 e. The van der Waals surface area contributed by atoms with Gasteiger partial charge in [-0.3, -0.25) is 0 Å². The van der Waals surface area contributed by atoms with Gasteiger partial charge in [0.05, 0.1) is 7.11 Å². The lowest BCUT2D eigenvalue weighted by atomic mass is 9.92. The molecule has 2 rings (SSSR count). The number of ether oxygens (including phenoxy) is 1. The lowest BCUT2D eigenvalue weighted by Crippen LogP contribution is -2.51. The average molecular weight is 256 g/mol. The summed E-state index contributed by atoms with van der Waals surface area (Å²) in [5.74, 6) is 1.22. The van der Waals surface area contributed by atoms with Crippen LogP contribution in [0.15, 0.2) is 0 Å². The number of carbonyl (C=O) groups excluding carboxylic acids is 1. The van der Waals surface area contributed by atoms with E-state index in [1.165, 1.54) is 20.0 Å². The molecule has 0 radical (unpaired) electrons. The summed E-state index contributed by atoms with van der Waals surface area (Å²) in [5.41, 5.74) is 0. The number of rotatable bonds is 5. The first-order valence-corrected chi connectivity index (χ1v) is 6.90. The molecule has 1 aliphatic heterocycles. The molecule has 104 valence electrons. The fourth-order valence-electron chi connectivity index (χ4n) is 2.68. The summed E-state index contributed by atoms with van der Waals surface area (Å²) < 4.78 is 4.80. The fraction of sp³-hybridized carbons (Fsp3) is 0.923. The van der Waals surface area contributed by atoms with E-state index in [4.69, 9.17) is 9.84 Å². The predicted molar refractivity (Wildman–Crippen MR) is 68.3 cm³/mol. The monoisotopic (exact) mass is 256 g/mol. The SMILES string of the molecule is COC(=O)N1CC(CCO)CC(NCC2CC2)C1. The van der Waals surface area contributed by atoms with E-state index in [1.807, 2.05) is 0 Å². The van der Waals surface area contributed by atoms with Gasteiger partial charge in [0.25, 0.3) is 0 Å². The van der Waals surface area contributed by atoms with E-state index in [2.05, 4.69) is 5.32 Å². The number of hydrogen-bond acceptors (Lipinski definition) is 4. The number of aliphatic hydroxyl groups is 1. The summed E-state index contributed by atoms with van der Waals surface area (Å²) in [6, 6.07) is 0.343. The maximum atomic E-state index is 11.6. The number of aliphatic hydroxyl groups excluding tert-OH is 1. The van der Waals surface area contributed by atoms with E-state index in [-0.39, 0.29) is 12.7 Å². The van der Waals surface area contributed by atoms with Crippen LogP contribution in [0.25, 0.3) is 0 Å². The van der Waals surface area contributed by atoms with Crippen LogP contribution in [0.4, 0.5) is 4.79 Å². The summed E-state index contributed by atoms with van der Waals surface area (Å²) in [5, 5.41) is 12.6. The van der Waals surface area contributed by atoms with Gasteiger partial charge in [-0.05, 0) is 44.1 Å². The molecule has 0 bridgehead atoms. The number of nitrogens with zero attached hydrogens (tertiary/aromatic N) is 1. The second-order valence-electron chi connectivity index (χ2n) is 5.54. The first kappa shape index (κ1) is 13.6. The van der Waals surface area contributed by atoms with Crippen molar-refractivity contribution < 1.29 is 14.6 Å². The molecule has 0 aromatic carbocycles. The van der Waals surface area contributed by atoms with Crippen LogP contribution >= 0.6 is 0 Å². The summed E-state index contributed by atoms with van der Waals surface area (Å²) in [4.78, 5) is 13.4. The molecule has 0 aromatic heterocycles. The van der Waals surface area contributed by atoms with Gasteiger partial charge < -0.3 is 20.1 Å². The minimum absolute atomic E-state index is 0.190. The number of amides is 1. The van der Waals surface area contributed by atoms with Gasteiger partial charge in [0.2, 0.25) is 0 Å². The first-order valence-electron chi connectivity index (χ1n) is 6.90. The van der Waals surface area contributed by atoms with Crippen molar-refractivity contribution in [3.05, 3.63) is 0 Å². The van der Waals surface area contributed by atoms with Crippen LogP contribution in [-0.2, 0) is 4.74 Å². The third-order valence-electron chi connectivity index (χ3n) is 3.90. The Morgan fingerprint density at radius 3 is 2.78 bits per heavy atom. The Morgan fingerprint density at radius 2 is 2.17 bits per heavy atom. The lowest BCUT2D eigenvalue weighted by molar-refractivity contribution is 0.0842. The Bertz CT molecular complexity index is 281. The highest BCUT2D eigenvalue weighted by Crippen LogP contribution is 2.28. The molecule has 18 heavy (non-hydrogen) atoms. The number of nitrogens with one attached hydrogen (secondary N) is 1. The van der Waals surface area contributed by atoms with Gasteiger partial charge in [-0.25, -0.2) is 4.79 Å². The van der Waals surface area contributed by atoms with Crippen LogP contribution in [0.3, 0.4) is 0 Å². The molecular formula is C13H24N2O3. The molecule has 2 fully saturated rings. The molecule has 1 saturated heterocycles. The van der Waals surface area contributed by atoms with Gasteiger partial charge in [-0.1, -0.05) is 0 Å². The van der Waals surface area contributed by atoms with Crippen LogP contribution in [0.2, 0.25) is 0 Å². The van der Waals surface area contributed by atoms with Gasteiger partial charge in [-0.2, -0.15) is 0 Å². The van der Waals surface area contributed by atoms with Gasteiger partial charge in [0.15, 0.2) is 0 Å². The van der Waals surface area contributed by atoms with Crippen molar-refractivity contribution in [2.45, 2.75) is 31.7 Å². The van der Waals surface area contributed by atoms with Crippen molar-refractivity contribution in [1.82, 2.24) is 10.2 Å². The van der Waals surface area contributed by atoms with Crippen molar-refractivity contribution in [1.29, 1.82) is 0 Å². The van der Waals surface area contributed by atoms with Crippen molar-refractivity contribution in [3.8, 4) is 0 Å². The molecule has 0 aromatic rings. The zero-order valence-corrected chi connectivity index (χ0v) is 11.1. The second kappa shape index (κ2) is 6.38. The predicted octanol–water partition coefficient (Wildman–Crippen LogP) is 0.825. The Labute approximate surface area is 108 Å². The van der Waals surface area contributed by atoms with Crippen LogP contribution in [0, 0.1) is 11.8 Å². The second-order valence-corrected chi connectivity index (χ2v) is 5.54. The number of likely N-dealkylation sites (tertiary alicyclic amines) is 1. The smallest absolute Gasteiger partial charge is 0.409 e. The van der Waals surface area contributed by atoms with E-state index in [1.54, 1.807) is 4.90 Å². The van der Waals surface area contributed by atoms with E-state index in [9.17, 15) is 4.79 Å². The standard InChI is InChI=1S/C13H24N2O3/c1-18-13(17)15-8-11(4-5-16)6-12(9-15)14-7-10-2-3-10/h10-12,14,16H,2-9H2,1H3. The van der Waals surface area contributed by atoms with Crippen LogP contribution in [0.1, 0.15) is 25.7 Å². The van der Waals surface area contributed by atoms with Gasteiger partial charge >= 0.3 is 6.09 Å². The molecule has 0 spiro atoms. The van der Waals surface area contributed by atoms with Gasteiger partial charge in [0.1, 0.15) is 0 Å². The minimum atomic E-state index is -0.254. The third kappa shape index (κ3) is 3.85. The molecule has 5 nitrogen and oxygen atoms in total. The third-order valence-corrected chi connectivity index (χ3v) is 3.90. The van der Waals surface area contributed by atoms with Gasteiger partial charge in [0, 0.05) is 25.7 Å². The summed E-state index contributed by atoms with van der Waals surface area (Å²) in [6.45, 7) is 2.68. The zero-order valence-electron chi connectivity index (χ0n) is 11.1. The molecular weight excluding hydrogens is 232 g/mol. The summed E-state index contributed by atoms with van der Waals surface area (Å²) in [6.07, 6.45) is 4.22. The number of carbonyl (C=O) groups is 1. The topological polar surface area (TPSA) is 61.8 Å². The maximum Gasteiger partial charge on any atom is 0.409 e. The molecule has 1 amide bonds. The fourth-order valence-corrected chi connectivity index (χ4v) is 2.68. The Kier molecular flexibility index (Phi) is 4.83. The molecule has 1 heterocycles. The molecule has 5 heteroatoms. The Hall–Kier alpha value is -0.810. The normalized spacial score (nSPS) is 28.2. The first-order chi connectivity index (χ1) is 8.72. The Balaban J connectivity index is 1.85. The van der Waals surface area contributed by atoms with E-state index < -0.39 is 0 Å². The average Bonchev–Trinajstić information content (AvgIpc) is 3.19. The lowest BCUT2D eigenvalue weighted by Gasteiger charge is -2.37. The molecule has 2 atom stereocenters. The van der Waals surface area contributed by atoms with Crippen molar-refractivity contribution >= 4 is 6.09 Å². The van der Waals surface area contributed by atoms with Crippen LogP contribution < -0.4 is 5.32 Å². The van der Waals surface area contributed by atoms with Crippen molar-refractivity contribution in [3.63, 3.8) is 0 Å². The van der Waals surface area contributed by atoms with E-state index >= 15 is 0 Å². The highest BCUT2D eigenvalue weighted by atomic mass is 16.5. The quantitative estimate of drug-likeness (QED) is 0.764. The number of methoxy groups -OCH3 is 1. The minimum Gasteiger partial charge on any atom is -0.453 e. The highest BCUT2D eigenvalue weighted by molar-refractivity contribution is 5.67. The molecule has 2 N–H and O–H groups in total. The highest BCUT2D eigenvalue weighted by Gasteiger charge is 2.31. The summed E-state index contributed by atoms with van der Waals surface area (Å²) in [7, 11) is 1.42. The zero-order chi connectivity index (χ0) is 13.0. The van der Waals surface area contributed by atoms with E-state index in [0.717, 1.165) is 31.8 Å². The Morgan fingerprint density at radius 1 is 1.39 bits per heavy atom. The van der Waals surface area contributed by atoms with Crippen LogP contribution in [-0.4, -0.2) is 55.5 Å². The van der Waals surface area contributed by atoms with Crippen LogP contribution in [0.5, 0.6) is 0 Å². The van der Waals surface area contributed by atoms with Gasteiger partial charge in [-0.15, -0.1) is 0 Å². The summed E-state index contributed by atoms with van der Waals surface area (Å²) >= 11 is 0. The van der Waals surface area contributed by atoms with Crippen molar-refractivity contribution in [2.24, 2.45) is 11.8 Å². The number of piperidine rings is 1. The molecule has 1 saturated carbocycles. The van der Waals surface area contributed by atoms with E-state index in [0.29, 0.717) is 18.5 Å². The number of hydrogen-bond donors (Lipinski definition) is 2. The molecule has 1 aliphatic carbocycles. The molecule has 2 aliphatic rings. The molecule has 2 unspecified atom stereocenters. The maximum absolute atomic E-state index is 11.6.